The van der Waals surface area contributed by atoms with E-state index in [0.29, 0.717) is 18.3 Å². The van der Waals surface area contributed by atoms with E-state index in [2.05, 4.69) is 54.8 Å². The van der Waals surface area contributed by atoms with E-state index < -0.39 is 0 Å². The van der Waals surface area contributed by atoms with Crippen molar-refractivity contribution in [1.29, 1.82) is 0 Å². The Morgan fingerprint density at radius 1 is 0.897 bits per heavy atom. The smallest absolute Gasteiger partial charge is 0.171 e. The predicted molar refractivity (Wildman–Crippen MR) is 121 cm³/mol. The van der Waals surface area contributed by atoms with Crippen LogP contribution in [0.5, 0.6) is 11.5 Å². The Morgan fingerprint density at radius 2 is 1.66 bits per heavy atom. The molecule has 0 saturated heterocycles. The molecule has 0 saturated carbocycles. The molecular formula is C24H24N2O2S. The van der Waals surface area contributed by atoms with Crippen LogP contribution in [0.1, 0.15) is 28.3 Å². The summed E-state index contributed by atoms with van der Waals surface area (Å²) in [7, 11) is 0. The highest BCUT2D eigenvalue weighted by atomic mass is 32.1. The minimum Gasteiger partial charge on any atom is -0.486 e. The molecule has 3 aromatic carbocycles. The highest BCUT2D eigenvalue weighted by molar-refractivity contribution is 7.80. The fourth-order valence-corrected chi connectivity index (χ4v) is 3.79. The lowest BCUT2D eigenvalue weighted by molar-refractivity contribution is 0.171. The van der Waals surface area contributed by atoms with Crippen LogP contribution in [-0.2, 0) is 0 Å². The first-order valence-electron chi connectivity index (χ1n) is 9.69. The number of hydrogen-bond donors (Lipinski definition) is 2. The van der Waals surface area contributed by atoms with Gasteiger partial charge in [-0.25, -0.2) is 0 Å². The molecule has 1 aliphatic rings. The van der Waals surface area contributed by atoms with Crippen LogP contribution < -0.4 is 20.1 Å². The summed E-state index contributed by atoms with van der Waals surface area (Å²) < 4.78 is 11.2. The maximum atomic E-state index is 5.66. The van der Waals surface area contributed by atoms with Crippen LogP contribution in [0.2, 0.25) is 0 Å². The average molecular weight is 405 g/mol. The Hall–Kier alpha value is -3.05. The van der Waals surface area contributed by atoms with Crippen LogP contribution in [0.15, 0.2) is 66.7 Å². The number of benzene rings is 3. The Labute approximate surface area is 176 Å². The van der Waals surface area contributed by atoms with Crippen molar-refractivity contribution in [2.75, 3.05) is 18.5 Å². The lowest BCUT2D eigenvalue weighted by atomic mass is 9.94. The minimum absolute atomic E-state index is 0.0472. The van der Waals surface area contributed by atoms with Crippen LogP contribution in [0.4, 0.5) is 5.69 Å². The molecule has 29 heavy (non-hydrogen) atoms. The Bertz CT molecular complexity index is 1020. The van der Waals surface area contributed by atoms with E-state index in [1.165, 1.54) is 16.7 Å². The normalized spacial score (nSPS) is 13.4. The van der Waals surface area contributed by atoms with Gasteiger partial charge in [0.05, 0.1) is 6.04 Å². The summed E-state index contributed by atoms with van der Waals surface area (Å²) in [6.45, 7) is 5.38. The fraction of sp³-hybridized carbons (Fsp3) is 0.208. The molecule has 4 nitrogen and oxygen atoms in total. The number of rotatable bonds is 4. The van der Waals surface area contributed by atoms with Gasteiger partial charge in [-0.15, -0.1) is 0 Å². The van der Waals surface area contributed by atoms with Gasteiger partial charge >= 0.3 is 0 Å². The van der Waals surface area contributed by atoms with Crippen molar-refractivity contribution in [2.45, 2.75) is 19.9 Å². The summed E-state index contributed by atoms with van der Waals surface area (Å²) in [6, 6.07) is 22.6. The number of hydrogen-bond acceptors (Lipinski definition) is 3. The second kappa shape index (κ2) is 8.53. The van der Waals surface area contributed by atoms with Gasteiger partial charge in [-0.05, 0) is 54.9 Å². The molecule has 0 aliphatic carbocycles. The maximum Gasteiger partial charge on any atom is 0.171 e. The van der Waals surface area contributed by atoms with Crippen LogP contribution in [0.25, 0.3) is 0 Å². The van der Waals surface area contributed by atoms with Gasteiger partial charge in [0.25, 0.3) is 0 Å². The van der Waals surface area contributed by atoms with E-state index in [1.807, 2.05) is 36.4 Å². The van der Waals surface area contributed by atoms with Gasteiger partial charge < -0.3 is 20.1 Å². The van der Waals surface area contributed by atoms with Crippen molar-refractivity contribution in [3.05, 3.63) is 89.0 Å². The second-order valence-corrected chi connectivity index (χ2v) is 7.57. The average Bonchev–Trinajstić information content (AvgIpc) is 2.73. The topological polar surface area (TPSA) is 42.5 Å². The molecule has 5 heteroatoms. The monoisotopic (exact) mass is 404 g/mol. The third-order valence-electron chi connectivity index (χ3n) is 4.94. The Kier molecular flexibility index (Phi) is 5.67. The highest BCUT2D eigenvalue weighted by Gasteiger charge is 2.18. The summed E-state index contributed by atoms with van der Waals surface area (Å²) >= 11 is 5.64. The van der Waals surface area contributed by atoms with Gasteiger partial charge in [0.2, 0.25) is 0 Å². The zero-order valence-corrected chi connectivity index (χ0v) is 17.4. The molecule has 0 radical (unpaired) electrons. The van der Waals surface area contributed by atoms with Gasteiger partial charge in [-0.1, -0.05) is 54.1 Å². The van der Waals surface area contributed by atoms with Crippen molar-refractivity contribution < 1.29 is 9.47 Å². The predicted octanol–water partition coefficient (Wildman–Crippen LogP) is 5.15. The first-order chi connectivity index (χ1) is 14.1. The lowest BCUT2D eigenvalue weighted by Crippen LogP contribution is -2.33. The first kappa shape index (κ1) is 19.3. The molecule has 1 heterocycles. The summed E-state index contributed by atoms with van der Waals surface area (Å²) in [6.07, 6.45) is 0. The summed E-state index contributed by atoms with van der Waals surface area (Å²) in [5.41, 5.74) is 5.70. The number of ether oxygens (including phenoxy) is 2. The van der Waals surface area contributed by atoms with Crippen LogP contribution in [0, 0.1) is 13.8 Å². The Balaban J connectivity index is 1.57. The van der Waals surface area contributed by atoms with Crippen molar-refractivity contribution in [3.63, 3.8) is 0 Å². The third-order valence-corrected chi connectivity index (χ3v) is 5.16. The molecule has 0 spiro atoms. The highest BCUT2D eigenvalue weighted by Crippen LogP contribution is 2.33. The molecule has 1 atom stereocenters. The van der Waals surface area contributed by atoms with Crippen molar-refractivity contribution in [1.82, 2.24) is 5.32 Å². The van der Waals surface area contributed by atoms with E-state index in [1.54, 1.807) is 0 Å². The zero-order chi connectivity index (χ0) is 20.2. The minimum atomic E-state index is -0.0472. The molecule has 0 amide bonds. The van der Waals surface area contributed by atoms with E-state index in [9.17, 15) is 0 Å². The van der Waals surface area contributed by atoms with Crippen molar-refractivity contribution in [2.24, 2.45) is 0 Å². The quantitative estimate of drug-likeness (QED) is 0.589. The first-order valence-corrected chi connectivity index (χ1v) is 10.1. The molecule has 0 fully saturated rings. The van der Waals surface area contributed by atoms with Gasteiger partial charge in [0.15, 0.2) is 16.6 Å². The second-order valence-electron chi connectivity index (χ2n) is 7.16. The number of aryl methyl sites for hydroxylation is 2. The van der Waals surface area contributed by atoms with E-state index in [4.69, 9.17) is 21.7 Å². The van der Waals surface area contributed by atoms with Gasteiger partial charge in [0.1, 0.15) is 13.2 Å². The van der Waals surface area contributed by atoms with Gasteiger partial charge in [-0.3, -0.25) is 0 Å². The third kappa shape index (κ3) is 4.51. The Morgan fingerprint density at radius 3 is 2.41 bits per heavy atom. The largest absolute Gasteiger partial charge is 0.486 e. The van der Waals surface area contributed by atoms with Gasteiger partial charge in [0, 0.05) is 11.8 Å². The molecule has 148 valence electrons. The van der Waals surface area contributed by atoms with Crippen molar-refractivity contribution >= 4 is 23.0 Å². The molecular weight excluding hydrogens is 380 g/mol. The molecule has 1 aliphatic heterocycles. The summed E-state index contributed by atoms with van der Waals surface area (Å²) in [4.78, 5) is 0. The van der Waals surface area contributed by atoms with Crippen molar-refractivity contribution in [3.8, 4) is 11.5 Å². The molecule has 0 unspecified atom stereocenters. The van der Waals surface area contributed by atoms with Gasteiger partial charge in [-0.2, -0.15) is 0 Å². The lowest BCUT2D eigenvalue weighted by Gasteiger charge is -2.24. The van der Waals surface area contributed by atoms with E-state index in [0.717, 1.165) is 22.7 Å². The zero-order valence-electron chi connectivity index (χ0n) is 16.6. The molecule has 0 aromatic heterocycles. The number of anilines is 1. The number of thiocarbonyl (C=S) groups is 1. The van der Waals surface area contributed by atoms with E-state index in [-0.39, 0.29) is 6.04 Å². The molecule has 3 aromatic rings. The standard InChI is InChI=1S/C24H24N2O2S/c1-16-8-10-20(17(2)14-16)23(18-6-4-3-5-7-18)26-24(29)25-19-9-11-21-22(15-19)28-13-12-27-21/h3-11,14-15,23H,12-13H2,1-2H3,(H2,25,26,29)/t23-/m1/s1. The molecule has 2 N–H and O–H groups in total. The fourth-order valence-electron chi connectivity index (χ4n) is 3.56. The molecule has 0 bridgehead atoms. The molecule has 4 rings (SSSR count). The van der Waals surface area contributed by atoms with Crippen LogP contribution in [-0.4, -0.2) is 18.3 Å². The summed E-state index contributed by atoms with van der Waals surface area (Å²) in [5.74, 6) is 1.50. The van der Waals surface area contributed by atoms with E-state index >= 15 is 0 Å². The summed E-state index contributed by atoms with van der Waals surface area (Å²) in [5, 5.41) is 7.32. The maximum absolute atomic E-state index is 5.66. The van der Waals surface area contributed by atoms with Crippen LogP contribution in [0.3, 0.4) is 0 Å². The number of nitrogens with one attached hydrogen (secondary N) is 2. The van der Waals surface area contributed by atoms with Crippen LogP contribution >= 0.6 is 12.2 Å². The SMILES string of the molecule is Cc1ccc([C@H](NC(=S)Nc2ccc3c(c2)OCCO3)c2ccccc2)c(C)c1. The number of fused-ring (bicyclic) bond motifs is 1.